The lowest BCUT2D eigenvalue weighted by atomic mass is 10.0. The van der Waals surface area contributed by atoms with Crippen molar-refractivity contribution < 1.29 is 13.5 Å². The molecule has 0 aliphatic carbocycles. The zero-order chi connectivity index (χ0) is 18.4. The van der Waals surface area contributed by atoms with Crippen LogP contribution in [0.4, 0.5) is 20.3 Å². The van der Waals surface area contributed by atoms with Gasteiger partial charge in [0.15, 0.2) is 11.6 Å². The average molecular weight is 370 g/mol. The molecule has 0 unspecified atom stereocenters. The molecule has 27 heavy (non-hydrogen) atoms. The van der Waals surface area contributed by atoms with Gasteiger partial charge >= 0.3 is 0 Å². The van der Waals surface area contributed by atoms with E-state index in [1.165, 1.54) is 17.7 Å². The molecule has 0 bridgehead atoms. The Hall–Kier alpha value is -2.67. The number of aromatic nitrogens is 2. The Morgan fingerprint density at radius 3 is 2.70 bits per heavy atom. The number of pyridine rings is 1. The maximum atomic E-state index is 14.7. The minimum atomic E-state index is -0.307. The maximum Gasteiger partial charge on any atom is 0.167 e. The van der Waals surface area contributed by atoms with Crippen LogP contribution in [-0.2, 0) is 17.7 Å². The summed E-state index contributed by atoms with van der Waals surface area (Å²) in [5.41, 5.74) is 3.85. The zero-order valence-electron chi connectivity index (χ0n) is 14.8. The van der Waals surface area contributed by atoms with E-state index in [1.807, 2.05) is 11.0 Å². The third-order valence-electron chi connectivity index (χ3n) is 5.42. The van der Waals surface area contributed by atoms with Crippen molar-refractivity contribution in [1.82, 2.24) is 9.97 Å². The van der Waals surface area contributed by atoms with Gasteiger partial charge in [-0.3, -0.25) is 0 Å². The third kappa shape index (κ3) is 2.92. The quantitative estimate of drug-likeness (QED) is 0.752. The smallest absolute Gasteiger partial charge is 0.167 e. The van der Waals surface area contributed by atoms with Crippen molar-refractivity contribution in [1.29, 1.82) is 0 Å². The van der Waals surface area contributed by atoms with Crippen molar-refractivity contribution >= 4 is 22.4 Å². The molecular formula is C20H20F2N4O. The zero-order valence-corrected chi connectivity index (χ0v) is 14.8. The number of rotatable bonds is 2. The molecule has 1 N–H and O–H groups in total. The first-order chi connectivity index (χ1) is 13.2. The van der Waals surface area contributed by atoms with Gasteiger partial charge < -0.3 is 19.5 Å². The van der Waals surface area contributed by atoms with Crippen molar-refractivity contribution in [3.63, 3.8) is 0 Å². The first kappa shape index (κ1) is 16.5. The maximum absolute atomic E-state index is 14.7. The first-order valence-corrected chi connectivity index (χ1v) is 9.21. The van der Waals surface area contributed by atoms with Crippen LogP contribution >= 0.6 is 0 Å². The van der Waals surface area contributed by atoms with Crippen LogP contribution in [0.2, 0.25) is 0 Å². The minimum Gasteiger partial charge on any atom is -0.378 e. The fraction of sp³-hybridized carbons (Fsp3) is 0.350. The monoisotopic (exact) mass is 370 g/mol. The Morgan fingerprint density at radius 2 is 1.89 bits per heavy atom. The van der Waals surface area contributed by atoms with E-state index in [0.717, 1.165) is 35.2 Å². The van der Waals surface area contributed by atoms with Gasteiger partial charge in [-0.25, -0.2) is 13.8 Å². The summed E-state index contributed by atoms with van der Waals surface area (Å²) in [4.78, 5) is 11.7. The number of ether oxygens (including phenoxy) is 1. The van der Waals surface area contributed by atoms with Crippen molar-refractivity contribution in [2.75, 3.05) is 42.6 Å². The van der Waals surface area contributed by atoms with Crippen LogP contribution < -0.4 is 9.80 Å². The fourth-order valence-corrected chi connectivity index (χ4v) is 4.04. The van der Waals surface area contributed by atoms with Gasteiger partial charge in [0.05, 0.1) is 31.6 Å². The van der Waals surface area contributed by atoms with Gasteiger partial charge in [-0.15, -0.1) is 0 Å². The molecule has 0 saturated carbocycles. The fourth-order valence-electron chi connectivity index (χ4n) is 4.04. The van der Waals surface area contributed by atoms with Gasteiger partial charge in [0.2, 0.25) is 0 Å². The van der Waals surface area contributed by atoms with E-state index in [0.29, 0.717) is 38.7 Å². The molecule has 2 aromatic heterocycles. The molecule has 0 radical (unpaired) electrons. The Kier molecular flexibility index (Phi) is 3.97. The number of benzene rings is 1. The molecule has 5 nitrogen and oxygen atoms in total. The number of H-pyrrole nitrogens is 1. The predicted octanol–water partition coefficient (Wildman–Crippen LogP) is 3.24. The van der Waals surface area contributed by atoms with Crippen molar-refractivity contribution in [3.05, 3.63) is 53.4 Å². The van der Waals surface area contributed by atoms with Gasteiger partial charge in [0.25, 0.3) is 0 Å². The molecule has 1 fully saturated rings. The van der Waals surface area contributed by atoms with Crippen LogP contribution in [0.25, 0.3) is 10.9 Å². The van der Waals surface area contributed by atoms with Crippen LogP contribution in [0.1, 0.15) is 11.3 Å². The van der Waals surface area contributed by atoms with Gasteiger partial charge in [0, 0.05) is 42.3 Å². The highest BCUT2D eigenvalue weighted by molar-refractivity contribution is 5.85. The molecule has 3 aromatic rings. The first-order valence-electron chi connectivity index (χ1n) is 9.21. The highest BCUT2D eigenvalue weighted by atomic mass is 19.1. The molecule has 2 aliphatic heterocycles. The lowest BCUT2D eigenvalue weighted by Gasteiger charge is -2.31. The number of hydrogen-bond donors (Lipinski definition) is 1. The third-order valence-corrected chi connectivity index (χ3v) is 5.42. The summed E-state index contributed by atoms with van der Waals surface area (Å²) in [7, 11) is 0. The van der Waals surface area contributed by atoms with E-state index >= 15 is 0 Å². The van der Waals surface area contributed by atoms with Crippen LogP contribution in [-0.4, -0.2) is 42.8 Å². The summed E-state index contributed by atoms with van der Waals surface area (Å²) < 4.78 is 33.5. The molecule has 0 spiro atoms. The molecule has 1 saturated heterocycles. The van der Waals surface area contributed by atoms with E-state index in [9.17, 15) is 8.78 Å². The van der Waals surface area contributed by atoms with Crippen LogP contribution in [0.5, 0.6) is 0 Å². The molecule has 0 amide bonds. The Labute approximate surface area is 155 Å². The Balaban J connectivity index is 1.41. The second-order valence-electron chi connectivity index (χ2n) is 7.04. The summed E-state index contributed by atoms with van der Waals surface area (Å²) in [6, 6.07) is 6.40. The van der Waals surface area contributed by atoms with E-state index in [-0.39, 0.29) is 11.6 Å². The molecule has 0 atom stereocenters. The standard InChI is InChI=1S/C20H20F2N4O/c21-13-1-2-15-16-3-4-26(12-19(16)24-18(15)9-13)14-10-17(22)20(23-11-14)25-5-7-27-8-6-25/h1-2,9-11,24H,3-8,12H2. The van der Waals surface area contributed by atoms with Gasteiger partial charge in [-0.1, -0.05) is 0 Å². The topological polar surface area (TPSA) is 44.4 Å². The molecule has 4 heterocycles. The molecule has 1 aromatic carbocycles. The number of nitrogens with one attached hydrogen (secondary N) is 1. The summed E-state index contributed by atoms with van der Waals surface area (Å²) in [6.07, 6.45) is 2.56. The molecule has 140 valence electrons. The number of morpholine rings is 1. The lowest BCUT2D eigenvalue weighted by Crippen LogP contribution is -2.37. The van der Waals surface area contributed by atoms with Crippen molar-refractivity contribution in [2.24, 2.45) is 0 Å². The Morgan fingerprint density at radius 1 is 1.04 bits per heavy atom. The van der Waals surface area contributed by atoms with Gasteiger partial charge in [-0.2, -0.15) is 0 Å². The van der Waals surface area contributed by atoms with E-state index in [4.69, 9.17) is 4.74 Å². The lowest BCUT2D eigenvalue weighted by molar-refractivity contribution is 0.122. The van der Waals surface area contributed by atoms with Crippen LogP contribution in [0.15, 0.2) is 30.5 Å². The highest BCUT2D eigenvalue weighted by Gasteiger charge is 2.23. The van der Waals surface area contributed by atoms with Gasteiger partial charge in [-0.05, 0) is 30.2 Å². The van der Waals surface area contributed by atoms with Gasteiger partial charge in [0.1, 0.15) is 5.82 Å². The number of anilines is 2. The number of aromatic amines is 1. The van der Waals surface area contributed by atoms with E-state index < -0.39 is 0 Å². The highest BCUT2D eigenvalue weighted by Crippen LogP contribution is 2.31. The van der Waals surface area contributed by atoms with E-state index in [1.54, 1.807) is 12.3 Å². The number of fused-ring (bicyclic) bond motifs is 3. The van der Waals surface area contributed by atoms with Crippen LogP contribution in [0, 0.1) is 11.6 Å². The molecule has 5 rings (SSSR count). The van der Waals surface area contributed by atoms with Crippen molar-refractivity contribution in [2.45, 2.75) is 13.0 Å². The normalized spacial score (nSPS) is 17.4. The minimum absolute atomic E-state index is 0.247. The second-order valence-corrected chi connectivity index (χ2v) is 7.04. The SMILES string of the molecule is Fc1ccc2c3c([nH]c2c1)CN(c1cnc(N2CCOCC2)c(F)c1)CC3. The second kappa shape index (κ2) is 6.49. The largest absolute Gasteiger partial charge is 0.378 e. The summed E-state index contributed by atoms with van der Waals surface area (Å²) in [6.45, 7) is 3.90. The van der Waals surface area contributed by atoms with E-state index in [2.05, 4.69) is 14.9 Å². The summed E-state index contributed by atoms with van der Waals surface area (Å²) in [5.74, 6) is -0.164. The average Bonchev–Trinajstić information content (AvgIpc) is 3.05. The summed E-state index contributed by atoms with van der Waals surface area (Å²) in [5, 5.41) is 1.07. The summed E-state index contributed by atoms with van der Waals surface area (Å²) >= 11 is 0. The number of hydrogen-bond acceptors (Lipinski definition) is 4. The Bertz CT molecular complexity index is 997. The molecular weight excluding hydrogens is 350 g/mol. The molecule has 7 heteroatoms. The predicted molar refractivity (Wildman–Crippen MR) is 100 cm³/mol. The number of nitrogens with zero attached hydrogens (tertiary/aromatic N) is 3. The molecule has 2 aliphatic rings. The van der Waals surface area contributed by atoms with Crippen molar-refractivity contribution in [3.8, 4) is 0 Å². The van der Waals surface area contributed by atoms with Crippen LogP contribution in [0.3, 0.4) is 0 Å². The number of halogens is 2.